The first kappa shape index (κ1) is 17.7. The molecule has 0 aliphatic heterocycles. The lowest BCUT2D eigenvalue weighted by Gasteiger charge is -2.08. The summed E-state index contributed by atoms with van der Waals surface area (Å²) in [6.45, 7) is -0.600. The third-order valence-corrected chi connectivity index (χ3v) is 3.91. The van der Waals surface area contributed by atoms with E-state index in [1.165, 1.54) is 0 Å². The van der Waals surface area contributed by atoms with E-state index < -0.39 is 11.9 Å². The standard InChI is InChI=1S/C16H13BrINO4/c17-11-1-5-13(6-2-11)19-15(20)9-23-16(21)10-22-14-7-3-12(18)4-8-14/h1-8H,9-10H2,(H,19,20). The van der Waals surface area contributed by atoms with Crippen LogP contribution in [0.5, 0.6) is 5.75 Å². The first-order valence-corrected chi connectivity index (χ1v) is 8.49. The van der Waals surface area contributed by atoms with Gasteiger partial charge in [0.15, 0.2) is 13.2 Å². The predicted molar refractivity (Wildman–Crippen MR) is 98.4 cm³/mol. The summed E-state index contributed by atoms with van der Waals surface area (Å²) in [6, 6.07) is 14.3. The minimum absolute atomic E-state index is 0.244. The van der Waals surface area contributed by atoms with Gasteiger partial charge in [-0.3, -0.25) is 4.79 Å². The molecule has 0 bridgehead atoms. The lowest BCUT2D eigenvalue weighted by atomic mass is 10.3. The minimum Gasteiger partial charge on any atom is -0.482 e. The van der Waals surface area contributed by atoms with Gasteiger partial charge in [0.2, 0.25) is 0 Å². The summed E-state index contributed by atoms with van der Waals surface area (Å²) in [5, 5.41) is 2.63. The summed E-state index contributed by atoms with van der Waals surface area (Å²) in [4.78, 5) is 23.2. The summed E-state index contributed by atoms with van der Waals surface area (Å²) in [6.07, 6.45) is 0. The number of halogens is 2. The number of hydrogen-bond acceptors (Lipinski definition) is 4. The van der Waals surface area contributed by atoms with Gasteiger partial charge in [-0.2, -0.15) is 0 Å². The molecular weight excluding hydrogens is 477 g/mol. The van der Waals surface area contributed by atoms with E-state index in [1.807, 2.05) is 12.1 Å². The predicted octanol–water partition coefficient (Wildman–Crippen LogP) is 3.61. The van der Waals surface area contributed by atoms with Crippen LogP contribution in [0.2, 0.25) is 0 Å². The Morgan fingerprint density at radius 3 is 2.30 bits per heavy atom. The molecule has 5 nitrogen and oxygen atoms in total. The molecule has 1 amide bonds. The molecule has 0 radical (unpaired) electrons. The Morgan fingerprint density at radius 2 is 1.65 bits per heavy atom. The van der Waals surface area contributed by atoms with E-state index in [0.29, 0.717) is 11.4 Å². The van der Waals surface area contributed by atoms with Crippen LogP contribution in [0.15, 0.2) is 53.0 Å². The highest BCUT2D eigenvalue weighted by Crippen LogP contribution is 2.14. The summed E-state index contributed by atoms with van der Waals surface area (Å²) < 4.78 is 12.1. The number of rotatable bonds is 6. The molecule has 2 rings (SSSR count). The summed E-state index contributed by atoms with van der Waals surface area (Å²) in [7, 11) is 0. The normalized spacial score (nSPS) is 10.0. The van der Waals surface area contributed by atoms with Crippen molar-refractivity contribution in [2.45, 2.75) is 0 Å². The Balaban J connectivity index is 1.70. The summed E-state index contributed by atoms with van der Waals surface area (Å²) in [5.41, 5.74) is 0.629. The van der Waals surface area contributed by atoms with Gasteiger partial charge in [0.05, 0.1) is 0 Å². The summed E-state index contributed by atoms with van der Waals surface area (Å²) in [5.74, 6) is -0.439. The van der Waals surface area contributed by atoms with Crippen molar-refractivity contribution in [3.63, 3.8) is 0 Å². The molecule has 0 fully saturated rings. The first-order chi connectivity index (χ1) is 11.0. The SMILES string of the molecule is O=C(COC(=O)COc1ccc(I)cc1)Nc1ccc(Br)cc1. The van der Waals surface area contributed by atoms with Crippen molar-refractivity contribution in [1.29, 1.82) is 0 Å². The third-order valence-electron chi connectivity index (χ3n) is 2.66. The zero-order valence-electron chi connectivity index (χ0n) is 11.9. The molecule has 23 heavy (non-hydrogen) atoms. The van der Waals surface area contributed by atoms with Gasteiger partial charge in [-0.1, -0.05) is 15.9 Å². The Labute approximate surface area is 155 Å². The zero-order valence-corrected chi connectivity index (χ0v) is 15.7. The lowest BCUT2D eigenvalue weighted by Crippen LogP contribution is -2.23. The maximum absolute atomic E-state index is 11.7. The fourth-order valence-electron chi connectivity index (χ4n) is 1.59. The average Bonchev–Trinajstić information content (AvgIpc) is 2.54. The van der Waals surface area contributed by atoms with Crippen LogP contribution in [0.4, 0.5) is 5.69 Å². The van der Waals surface area contributed by atoms with E-state index in [2.05, 4.69) is 43.8 Å². The Bertz CT molecular complexity index is 673. The number of hydrogen-bond donors (Lipinski definition) is 1. The van der Waals surface area contributed by atoms with Crippen LogP contribution >= 0.6 is 38.5 Å². The lowest BCUT2D eigenvalue weighted by molar-refractivity contribution is -0.149. The van der Waals surface area contributed by atoms with Crippen molar-refractivity contribution in [1.82, 2.24) is 0 Å². The molecule has 0 saturated carbocycles. The molecule has 0 aliphatic carbocycles. The van der Waals surface area contributed by atoms with Gasteiger partial charge in [-0.25, -0.2) is 4.79 Å². The van der Waals surface area contributed by atoms with E-state index in [9.17, 15) is 9.59 Å². The molecule has 2 aromatic carbocycles. The number of ether oxygens (including phenoxy) is 2. The average molecular weight is 490 g/mol. The van der Waals surface area contributed by atoms with Crippen molar-refractivity contribution in [2.24, 2.45) is 0 Å². The maximum atomic E-state index is 11.7. The van der Waals surface area contributed by atoms with Crippen LogP contribution in [0, 0.1) is 3.57 Å². The number of esters is 1. The van der Waals surface area contributed by atoms with Crippen LogP contribution in [0.25, 0.3) is 0 Å². The van der Waals surface area contributed by atoms with Crippen molar-refractivity contribution in [2.75, 3.05) is 18.5 Å². The van der Waals surface area contributed by atoms with Gasteiger partial charge in [0, 0.05) is 13.7 Å². The molecule has 0 aromatic heterocycles. The minimum atomic E-state index is -0.602. The molecule has 7 heteroatoms. The summed E-state index contributed by atoms with van der Waals surface area (Å²) >= 11 is 5.48. The topological polar surface area (TPSA) is 64.6 Å². The Hall–Kier alpha value is -1.61. The fraction of sp³-hybridized carbons (Fsp3) is 0.125. The maximum Gasteiger partial charge on any atom is 0.344 e. The van der Waals surface area contributed by atoms with Crippen LogP contribution in [0.1, 0.15) is 0 Å². The Kier molecular flexibility index (Phi) is 6.85. The molecule has 0 saturated heterocycles. The second-order valence-electron chi connectivity index (χ2n) is 4.46. The highest BCUT2D eigenvalue weighted by molar-refractivity contribution is 14.1. The molecule has 0 atom stereocenters. The fourth-order valence-corrected chi connectivity index (χ4v) is 2.21. The second kappa shape index (κ2) is 8.88. The molecule has 0 aliphatic rings. The number of carbonyl (C=O) groups excluding carboxylic acids is 2. The molecule has 0 heterocycles. The van der Waals surface area contributed by atoms with Gasteiger partial charge >= 0.3 is 5.97 Å². The van der Waals surface area contributed by atoms with E-state index >= 15 is 0 Å². The molecule has 2 aromatic rings. The number of amides is 1. The van der Waals surface area contributed by atoms with Gasteiger partial charge < -0.3 is 14.8 Å². The van der Waals surface area contributed by atoms with Crippen LogP contribution in [-0.4, -0.2) is 25.1 Å². The van der Waals surface area contributed by atoms with Gasteiger partial charge in [0.1, 0.15) is 5.75 Å². The number of anilines is 1. The van der Waals surface area contributed by atoms with Crippen LogP contribution in [-0.2, 0) is 14.3 Å². The van der Waals surface area contributed by atoms with Crippen LogP contribution < -0.4 is 10.1 Å². The molecule has 0 unspecified atom stereocenters. The highest BCUT2D eigenvalue weighted by atomic mass is 127. The van der Waals surface area contributed by atoms with Crippen molar-refractivity contribution in [3.05, 3.63) is 56.6 Å². The first-order valence-electron chi connectivity index (χ1n) is 6.62. The zero-order chi connectivity index (χ0) is 16.7. The smallest absolute Gasteiger partial charge is 0.344 e. The Morgan fingerprint density at radius 1 is 1.00 bits per heavy atom. The van der Waals surface area contributed by atoms with Gasteiger partial charge in [-0.05, 0) is 71.1 Å². The largest absolute Gasteiger partial charge is 0.482 e. The molecule has 0 spiro atoms. The van der Waals surface area contributed by atoms with Crippen LogP contribution in [0.3, 0.4) is 0 Å². The van der Waals surface area contributed by atoms with E-state index in [-0.39, 0.29) is 13.2 Å². The number of carbonyl (C=O) groups is 2. The molecular formula is C16H13BrINO4. The van der Waals surface area contributed by atoms with Gasteiger partial charge in [-0.15, -0.1) is 0 Å². The van der Waals surface area contributed by atoms with E-state index in [0.717, 1.165) is 8.04 Å². The third kappa shape index (κ3) is 6.57. The molecule has 1 N–H and O–H groups in total. The van der Waals surface area contributed by atoms with E-state index in [4.69, 9.17) is 9.47 Å². The monoisotopic (exact) mass is 489 g/mol. The number of benzene rings is 2. The highest BCUT2D eigenvalue weighted by Gasteiger charge is 2.09. The number of nitrogens with one attached hydrogen (secondary N) is 1. The van der Waals surface area contributed by atoms with Gasteiger partial charge in [0.25, 0.3) is 5.91 Å². The molecule has 120 valence electrons. The van der Waals surface area contributed by atoms with Crippen molar-refractivity contribution in [3.8, 4) is 5.75 Å². The second-order valence-corrected chi connectivity index (χ2v) is 6.62. The van der Waals surface area contributed by atoms with E-state index in [1.54, 1.807) is 36.4 Å². The quantitative estimate of drug-likeness (QED) is 0.497. The van der Waals surface area contributed by atoms with Crippen molar-refractivity contribution >= 4 is 56.1 Å². The van der Waals surface area contributed by atoms with Crippen molar-refractivity contribution < 1.29 is 19.1 Å².